The molecule has 4 rings (SSSR count). The summed E-state index contributed by atoms with van der Waals surface area (Å²) in [5, 5.41) is 2.80. The lowest BCUT2D eigenvalue weighted by Crippen LogP contribution is -2.28. The Bertz CT molecular complexity index is 1280. The number of anilines is 2. The molecule has 0 atom stereocenters. The number of carbonyl (C=O) groups is 2. The second-order valence-electron chi connectivity index (χ2n) is 8.00. The van der Waals surface area contributed by atoms with E-state index in [1.807, 2.05) is 6.92 Å². The van der Waals surface area contributed by atoms with E-state index in [-0.39, 0.29) is 22.1 Å². The molecule has 2 N–H and O–H groups in total. The second-order valence-corrected chi connectivity index (χ2v) is 9.68. The van der Waals surface area contributed by atoms with E-state index in [1.165, 1.54) is 18.2 Å². The highest BCUT2D eigenvalue weighted by Gasteiger charge is 2.22. The summed E-state index contributed by atoms with van der Waals surface area (Å²) < 4.78 is 27.9. The van der Waals surface area contributed by atoms with Gasteiger partial charge in [0.25, 0.3) is 21.8 Å². The molecule has 0 bridgehead atoms. The first kappa shape index (κ1) is 22.5. The molecule has 1 heterocycles. The fourth-order valence-electron chi connectivity index (χ4n) is 3.72. The summed E-state index contributed by atoms with van der Waals surface area (Å²) in [7, 11) is -3.79. The van der Waals surface area contributed by atoms with Crippen LogP contribution in [0, 0.1) is 6.92 Å². The van der Waals surface area contributed by atoms with Gasteiger partial charge < -0.3 is 10.2 Å². The summed E-state index contributed by atoms with van der Waals surface area (Å²) in [4.78, 5) is 27.7. The van der Waals surface area contributed by atoms with Gasteiger partial charge in [0.15, 0.2) is 0 Å². The van der Waals surface area contributed by atoms with E-state index in [1.54, 1.807) is 59.5 Å². The van der Waals surface area contributed by atoms with E-state index < -0.39 is 15.9 Å². The number of likely N-dealkylation sites (tertiary alicyclic amines) is 1. The molecule has 7 nitrogen and oxygen atoms in total. The number of amides is 2. The van der Waals surface area contributed by atoms with Gasteiger partial charge >= 0.3 is 0 Å². The number of nitrogens with zero attached hydrogens (tertiary/aromatic N) is 1. The maximum Gasteiger partial charge on any atom is 0.261 e. The first-order valence-corrected chi connectivity index (χ1v) is 12.2. The van der Waals surface area contributed by atoms with Crippen LogP contribution >= 0.6 is 0 Å². The summed E-state index contributed by atoms with van der Waals surface area (Å²) in [5.74, 6) is -0.545. The first-order chi connectivity index (χ1) is 15.8. The quantitative estimate of drug-likeness (QED) is 0.570. The van der Waals surface area contributed by atoms with Crippen LogP contribution in [0.5, 0.6) is 0 Å². The Labute approximate surface area is 193 Å². The molecular formula is C25H25N3O4S. The van der Waals surface area contributed by atoms with Crippen molar-refractivity contribution in [3.63, 3.8) is 0 Å². The molecule has 0 radical (unpaired) electrons. The van der Waals surface area contributed by atoms with E-state index in [0.717, 1.165) is 18.4 Å². The van der Waals surface area contributed by atoms with Gasteiger partial charge in [0.2, 0.25) is 0 Å². The topological polar surface area (TPSA) is 95.6 Å². The second kappa shape index (κ2) is 9.46. The van der Waals surface area contributed by atoms with Crippen LogP contribution in [0.1, 0.15) is 39.1 Å². The molecule has 0 aromatic heterocycles. The standard InChI is InChI=1S/C25H25N3O4S/c1-18-11-13-21(14-12-18)33(31,32)27-20-8-6-7-19(17-20)24(29)26-23-10-3-2-9-22(23)25(30)28-15-4-5-16-28/h2-3,6-14,17,27H,4-5,15-16H2,1H3,(H,26,29). The number of sulfonamides is 1. The average Bonchev–Trinajstić information content (AvgIpc) is 3.34. The fourth-order valence-corrected chi connectivity index (χ4v) is 4.77. The van der Waals surface area contributed by atoms with Gasteiger partial charge in [-0.25, -0.2) is 8.42 Å². The van der Waals surface area contributed by atoms with Gasteiger partial charge in [-0.05, 0) is 62.2 Å². The predicted molar refractivity (Wildman–Crippen MR) is 128 cm³/mol. The van der Waals surface area contributed by atoms with Crippen LogP contribution in [0.15, 0.2) is 77.7 Å². The van der Waals surface area contributed by atoms with Crippen molar-refractivity contribution in [2.75, 3.05) is 23.1 Å². The summed E-state index contributed by atoms with van der Waals surface area (Å²) in [6, 6.07) is 19.6. The number of rotatable bonds is 6. The molecule has 1 fully saturated rings. The van der Waals surface area contributed by atoms with Gasteiger partial charge in [-0.3, -0.25) is 14.3 Å². The summed E-state index contributed by atoms with van der Waals surface area (Å²) in [6.07, 6.45) is 1.96. The number of para-hydroxylation sites is 1. The van der Waals surface area contributed by atoms with Crippen molar-refractivity contribution in [2.24, 2.45) is 0 Å². The third-order valence-corrected chi connectivity index (χ3v) is 6.90. The van der Waals surface area contributed by atoms with E-state index in [0.29, 0.717) is 24.3 Å². The lowest BCUT2D eigenvalue weighted by Gasteiger charge is -2.18. The number of benzene rings is 3. The van der Waals surface area contributed by atoms with Crippen LogP contribution < -0.4 is 10.0 Å². The van der Waals surface area contributed by atoms with Crippen molar-refractivity contribution in [2.45, 2.75) is 24.7 Å². The van der Waals surface area contributed by atoms with Crippen LogP contribution in [-0.4, -0.2) is 38.2 Å². The minimum atomic E-state index is -3.79. The van der Waals surface area contributed by atoms with E-state index in [9.17, 15) is 18.0 Å². The highest BCUT2D eigenvalue weighted by molar-refractivity contribution is 7.92. The number of nitrogens with one attached hydrogen (secondary N) is 2. The molecule has 1 saturated heterocycles. The molecule has 8 heteroatoms. The van der Waals surface area contributed by atoms with Crippen molar-refractivity contribution in [1.29, 1.82) is 0 Å². The molecule has 0 saturated carbocycles. The minimum Gasteiger partial charge on any atom is -0.339 e. The molecular weight excluding hydrogens is 438 g/mol. The van der Waals surface area contributed by atoms with E-state index in [2.05, 4.69) is 10.0 Å². The lowest BCUT2D eigenvalue weighted by molar-refractivity contribution is 0.0794. The molecule has 3 aromatic carbocycles. The molecule has 0 aliphatic carbocycles. The van der Waals surface area contributed by atoms with Gasteiger partial charge in [0, 0.05) is 24.3 Å². The van der Waals surface area contributed by atoms with Gasteiger partial charge in [0.1, 0.15) is 0 Å². The Morgan fingerprint density at radius 1 is 0.879 bits per heavy atom. The molecule has 1 aliphatic heterocycles. The SMILES string of the molecule is Cc1ccc(S(=O)(=O)Nc2cccc(C(=O)Nc3ccccc3C(=O)N3CCCC3)c2)cc1. The van der Waals surface area contributed by atoms with Crippen LogP contribution in [-0.2, 0) is 10.0 Å². The van der Waals surface area contributed by atoms with Crippen molar-refractivity contribution < 1.29 is 18.0 Å². The maximum absolute atomic E-state index is 12.9. The lowest BCUT2D eigenvalue weighted by atomic mass is 10.1. The van der Waals surface area contributed by atoms with Crippen LogP contribution in [0.25, 0.3) is 0 Å². The third kappa shape index (κ3) is 5.23. The molecule has 0 spiro atoms. The smallest absolute Gasteiger partial charge is 0.261 e. The van der Waals surface area contributed by atoms with Crippen molar-refractivity contribution in [3.05, 3.63) is 89.5 Å². The van der Waals surface area contributed by atoms with Crippen LogP contribution in [0.3, 0.4) is 0 Å². The van der Waals surface area contributed by atoms with Crippen molar-refractivity contribution in [3.8, 4) is 0 Å². The van der Waals surface area contributed by atoms with Gasteiger partial charge in [-0.15, -0.1) is 0 Å². The number of hydrogen-bond donors (Lipinski definition) is 2. The molecule has 2 amide bonds. The van der Waals surface area contributed by atoms with E-state index >= 15 is 0 Å². The van der Waals surface area contributed by atoms with Crippen molar-refractivity contribution in [1.82, 2.24) is 4.90 Å². The zero-order chi connectivity index (χ0) is 23.4. The maximum atomic E-state index is 12.9. The Hall–Kier alpha value is -3.65. The molecule has 0 unspecified atom stereocenters. The first-order valence-electron chi connectivity index (χ1n) is 10.7. The fraction of sp³-hybridized carbons (Fsp3) is 0.200. The highest BCUT2D eigenvalue weighted by Crippen LogP contribution is 2.22. The zero-order valence-corrected chi connectivity index (χ0v) is 19.1. The Morgan fingerprint density at radius 3 is 2.30 bits per heavy atom. The predicted octanol–water partition coefficient (Wildman–Crippen LogP) is 4.28. The van der Waals surface area contributed by atoms with Crippen LogP contribution in [0.4, 0.5) is 11.4 Å². The van der Waals surface area contributed by atoms with Gasteiger partial charge in [-0.1, -0.05) is 35.9 Å². The summed E-state index contributed by atoms with van der Waals surface area (Å²) >= 11 is 0. The average molecular weight is 464 g/mol. The minimum absolute atomic E-state index is 0.108. The Kier molecular flexibility index (Phi) is 6.46. The highest BCUT2D eigenvalue weighted by atomic mass is 32.2. The molecule has 1 aliphatic rings. The number of aryl methyl sites for hydroxylation is 1. The Balaban J connectivity index is 1.52. The van der Waals surface area contributed by atoms with Crippen LogP contribution in [0.2, 0.25) is 0 Å². The van der Waals surface area contributed by atoms with Gasteiger partial charge in [0.05, 0.1) is 16.1 Å². The molecule has 33 heavy (non-hydrogen) atoms. The van der Waals surface area contributed by atoms with E-state index in [4.69, 9.17) is 0 Å². The molecule has 3 aromatic rings. The number of carbonyl (C=O) groups excluding carboxylic acids is 2. The molecule has 170 valence electrons. The third-order valence-electron chi connectivity index (χ3n) is 5.51. The monoisotopic (exact) mass is 463 g/mol. The normalized spacial score (nSPS) is 13.5. The Morgan fingerprint density at radius 2 is 1.58 bits per heavy atom. The zero-order valence-electron chi connectivity index (χ0n) is 18.2. The largest absolute Gasteiger partial charge is 0.339 e. The van der Waals surface area contributed by atoms with Crippen molar-refractivity contribution >= 4 is 33.2 Å². The van der Waals surface area contributed by atoms with Gasteiger partial charge in [-0.2, -0.15) is 0 Å². The summed E-state index contributed by atoms with van der Waals surface area (Å²) in [6.45, 7) is 3.30. The number of hydrogen-bond acceptors (Lipinski definition) is 4. The summed E-state index contributed by atoms with van der Waals surface area (Å²) in [5.41, 5.74) is 2.34.